The van der Waals surface area contributed by atoms with Gasteiger partial charge in [0.05, 0.1) is 12.4 Å². The van der Waals surface area contributed by atoms with Gasteiger partial charge in [-0.3, -0.25) is 4.72 Å². The Bertz CT molecular complexity index is 1160. The number of hydrogen-bond acceptors (Lipinski definition) is 6. The van der Waals surface area contributed by atoms with E-state index >= 15 is 0 Å². The van der Waals surface area contributed by atoms with E-state index in [1.54, 1.807) is 11.0 Å². The fourth-order valence-corrected chi connectivity index (χ4v) is 5.95. The van der Waals surface area contributed by atoms with Gasteiger partial charge in [-0.15, -0.1) is 0 Å². The summed E-state index contributed by atoms with van der Waals surface area (Å²) in [4.78, 5) is 19.7. The van der Waals surface area contributed by atoms with Gasteiger partial charge in [-0.1, -0.05) is 0 Å². The van der Waals surface area contributed by atoms with Crippen LogP contribution in [0.1, 0.15) is 57.9 Å². The van der Waals surface area contributed by atoms with Crippen LogP contribution >= 0.6 is 0 Å². The molecule has 0 saturated carbocycles. The van der Waals surface area contributed by atoms with E-state index in [9.17, 15) is 18.3 Å². The smallest absolute Gasteiger partial charge is 0.410 e. The Morgan fingerprint density at radius 1 is 1.17 bits per heavy atom. The standard InChI is InChI=1S/C26H40N4O5S/c1-26(2,3)35-25(32)30-13-9-19(10-14-30)24(31)17-29-11-7-18(8-12-29)22-16-27-23-6-5-20(15-21(22)23)28-36(4,33)34/h5-6,15-16,18-19,24,27-28,31H,7-14,17H2,1-4H3. The summed E-state index contributed by atoms with van der Waals surface area (Å²) in [7, 11) is -3.33. The first kappa shape index (κ1) is 26.8. The summed E-state index contributed by atoms with van der Waals surface area (Å²) >= 11 is 0. The minimum atomic E-state index is -3.33. The highest BCUT2D eigenvalue weighted by molar-refractivity contribution is 7.92. The third-order valence-electron chi connectivity index (χ3n) is 7.23. The average Bonchev–Trinajstić information content (AvgIpc) is 3.21. The SMILES string of the molecule is CC(C)(C)OC(=O)N1CCC(C(O)CN2CCC(c3c[nH]c4ccc(NS(C)(=O)=O)cc34)CC2)CC1. The lowest BCUT2D eigenvalue weighted by atomic mass is 9.87. The van der Waals surface area contributed by atoms with Gasteiger partial charge in [0, 0.05) is 42.4 Å². The summed E-state index contributed by atoms with van der Waals surface area (Å²) < 4.78 is 31.3. The molecule has 1 amide bonds. The van der Waals surface area contributed by atoms with E-state index in [1.807, 2.05) is 39.1 Å². The van der Waals surface area contributed by atoms with Gasteiger partial charge in [0.1, 0.15) is 5.60 Å². The molecule has 1 unspecified atom stereocenters. The summed E-state index contributed by atoms with van der Waals surface area (Å²) in [5.41, 5.74) is 2.29. The molecule has 3 N–H and O–H groups in total. The molecule has 10 heteroatoms. The number of hydrogen-bond donors (Lipinski definition) is 3. The van der Waals surface area contributed by atoms with Crippen LogP contribution < -0.4 is 4.72 Å². The maximum absolute atomic E-state index is 12.3. The van der Waals surface area contributed by atoms with E-state index in [1.165, 1.54) is 5.56 Å². The molecule has 2 fully saturated rings. The van der Waals surface area contributed by atoms with Crippen molar-refractivity contribution in [1.82, 2.24) is 14.8 Å². The van der Waals surface area contributed by atoms with Gasteiger partial charge in [0.15, 0.2) is 0 Å². The van der Waals surface area contributed by atoms with E-state index in [2.05, 4.69) is 14.6 Å². The molecule has 2 saturated heterocycles. The lowest BCUT2D eigenvalue weighted by Crippen LogP contribution is -2.46. The molecule has 1 atom stereocenters. The van der Waals surface area contributed by atoms with Crippen LogP contribution in [0.15, 0.2) is 24.4 Å². The molecule has 36 heavy (non-hydrogen) atoms. The molecular formula is C26H40N4O5S. The molecule has 0 aliphatic carbocycles. The number of aromatic amines is 1. The van der Waals surface area contributed by atoms with Crippen LogP contribution in [-0.4, -0.2) is 85.1 Å². The Hall–Kier alpha value is -2.30. The number of ether oxygens (including phenoxy) is 1. The second kappa shape index (κ2) is 10.6. The summed E-state index contributed by atoms with van der Waals surface area (Å²) in [5, 5.41) is 12.0. The second-order valence-corrected chi connectivity index (χ2v) is 13.1. The number of anilines is 1. The number of aromatic nitrogens is 1. The second-order valence-electron chi connectivity index (χ2n) is 11.3. The number of carbonyl (C=O) groups excluding carboxylic acids is 1. The molecule has 2 aliphatic rings. The molecule has 2 aliphatic heterocycles. The Kier molecular flexibility index (Phi) is 7.87. The summed E-state index contributed by atoms with van der Waals surface area (Å²) in [5.74, 6) is 0.577. The van der Waals surface area contributed by atoms with Crippen LogP contribution in [0.3, 0.4) is 0 Å². The van der Waals surface area contributed by atoms with Crippen molar-refractivity contribution in [2.24, 2.45) is 5.92 Å². The number of aliphatic hydroxyl groups excluding tert-OH is 1. The van der Waals surface area contributed by atoms with Crippen molar-refractivity contribution in [1.29, 1.82) is 0 Å². The van der Waals surface area contributed by atoms with E-state index in [4.69, 9.17) is 4.74 Å². The maximum atomic E-state index is 12.3. The summed E-state index contributed by atoms with van der Waals surface area (Å²) in [6, 6.07) is 5.58. The lowest BCUT2D eigenvalue weighted by Gasteiger charge is -2.38. The van der Waals surface area contributed by atoms with Gasteiger partial charge in [0.2, 0.25) is 10.0 Å². The number of aliphatic hydroxyl groups is 1. The highest BCUT2D eigenvalue weighted by atomic mass is 32.2. The monoisotopic (exact) mass is 520 g/mol. The Morgan fingerprint density at radius 3 is 2.44 bits per heavy atom. The van der Waals surface area contributed by atoms with Crippen molar-refractivity contribution in [2.75, 3.05) is 43.7 Å². The van der Waals surface area contributed by atoms with Crippen LogP contribution in [0, 0.1) is 5.92 Å². The zero-order chi connectivity index (χ0) is 26.1. The van der Waals surface area contributed by atoms with Gasteiger partial charge < -0.3 is 24.6 Å². The number of rotatable bonds is 6. The maximum Gasteiger partial charge on any atom is 0.410 e. The Labute approximate surface area is 214 Å². The summed E-state index contributed by atoms with van der Waals surface area (Å²) in [6.45, 7) is 9.33. The highest BCUT2D eigenvalue weighted by Crippen LogP contribution is 2.35. The minimum absolute atomic E-state index is 0.191. The normalized spacial score (nSPS) is 20.0. The number of benzene rings is 1. The van der Waals surface area contributed by atoms with Gasteiger partial charge in [0.25, 0.3) is 0 Å². The molecular weight excluding hydrogens is 480 g/mol. The zero-order valence-corrected chi connectivity index (χ0v) is 22.6. The van der Waals surface area contributed by atoms with Crippen molar-refractivity contribution < 1.29 is 23.1 Å². The number of carbonyl (C=O) groups is 1. The number of β-amino-alcohol motifs (C(OH)–C–C–N with tert-alkyl or cyclic N) is 1. The van der Waals surface area contributed by atoms with Crippen LogP contribution in [0.2, 0.25) is 0 Å². The van der Waals surface area contributed by atoms with E-state index in [0.29, 0.717) is 31.2 Å². The average molecular weight is 521 g/mol. The minimum Gasteiger partial charge on any atom is -0.444 e. The van der Waals surface area contributed by atoms with Crippen LogP contribution in [0.5, 0.6) is 0 Å². The molecule has 200 valence electrons. The first-order valence-electron chi connectivity index (χ1n) is 12.8. The molecule has 0 bridgehead atoms. The molecule has 1 aromatic heterocycles. The number of nitrogens with zero attached hydrogens (tertiary/aromatic N) is 2. The number of amides is 1. The van der Waals surface area contributed by atoms with Crippen LogP contribution in [0.4, 0.5) is 10.5 Å². The number of sulfonamides is 1. The molecule has 0 radical (unpaired) electrons. The molecule has 2 aromatic rings. The molecule has 1 aromatic carbocycles. The molecule has 0 spiro atoms. The quantitative estimate of drug-likeness (QED) is 0.535. The number of likely N-dealkylation sites (tertiary alicyclic amines) is 2. The first-order valence-corrected chi connectivity index (χ1v) is 14.7. The van der Waals surface area contributed by atoms with Crippen molar-refractivity contribution >= 4 is 32.7 Å². The van der Waals surface area contributed by atoms with Crippen molar-refractivity contribution in [2.45, 2.75) is 64.1 Å². The topological polar surface area (TPSA) is 115 Å². The predicted octanol–water partition coefficient (Wildman–Crippen LogP) is 3.73. The number of fused-ring (bicyclic) bond motifs is 1. The fourth-order valence-electron chi connectivity index (χ4n) is 5.39. The van der Waals surface area contributed by atoms with Gasteiger partial charge >= 0.3 is 6.09 Å². The fraction of sp³-hybridized carbons (Fsp3) is 0.654. The molecule has 4 rings (SSSR count). The van der Waals surface area contributed by atoms with Crippen LogP contribution in [-0.2, 0) is 14.8 Å². The number of H-pyrrole nitrogens is 1. The van der Waals surface area contributed by atoms with Gasteiger partial charge in [-0.2, -0.15) is 0 Å². The predicted molar refractivity (Wildman–Crippen MR) is 142 cm³/mol. The third kappa shape index (κ3) is 6.92. The van der Waals surface area contributed by atoms with Gasteiger partial charge in [-0.05, 0) is 95.1 Å². The van der Waals surface area contributed by atoms with E-state index in [-0.39, 0.29) is 12.0 Å². The van der Waals surface area contributed by atoms with Crippen molar-refractivity contribution in [3.63, 3.8) is 0 Å². The van der Waals surface area contributed by atoms with E-state index < -0.39 is 21.7 Å². The zero-order valence-electron chi connectivity index (χ0n) is 21.8. The Balaban J connectivity index is 1.27. The van der Waals surface area contributed by atoms with E-state index in [0.717, 1.165) is 55.9 Å². The first-order chi connectivity index (χ1) is 16.9. The van der Waals surface area contributed by atoms with Gasteiger partial charge in [-0.25, -0.2) is 13.2 Å². The highest BCUT2D eigenvalue weighted by Gasteiger charge is 2.32. The third-order valence-corrected chi connectivity index (χ3v) is 7.83. The number of nitrogens with one attached hydrogen (secondary N) is 2. The van der Waals surface area contributed by atoms with Crippen molar-refractivity contribution in [3.8, 4) is 0 Å². The molecule has 3 heterocycles. The molecule has 9 nitrogen and oxygen atoms in total. The van der Waals surface area contributed by atoms with Crippen LogP contribution in [0.25, 0.3) is 10.9 Å². The van der Waals surface area contributed by atoms with Crippen molar-refractivity contribution in [3.05, 3.63) is 30.0 Å². The summed E-state index contributed by atoms with van der Waals surface area (Å²) in [6.07, 6.45) is 6.08. The largest absolute Gasteiger partial charge is 0.444 e. The lowest BCUT2D eigenvalue weighted by molar-refractivity contribution is 0.000445. The number of piperidine rings is 2. The Morgan fingerprint density at radius 2 is 1.83 bits per heavy atom.